The molecule has 78 valence electrons. The van der Waals surface area contributed by atoms with Gasteiger partial charge < -0.3 is 5.32 Å². The number of rotatable bonds is 5. The van der Waals surface area contributed by atoms with Crippen LogP contribution in [0, 0.1) is 12.3 Å². The van der Waals surface area contributed by atoms with E-state index in [4.69, 9.17) is 6.42 Å². The second-order valence-corrected chi connectivity index (χ2v) is 3.01. The molecular formula is C11H13N3O. The van der Waals surface area contributed by atoms with Crippen molar-refractivity contribution in [2.45, 2.75) is 19.3 Å². The highest BCUT2D eigenvalue weighted by Gasteiger charge is 2.04. The fraction of sp³-hybridized carbons (Fsp3) is 0.364. The van der Waals surface area contributed by atoms with Crippen LogP contribution in [0.5, 0.6) is 0 Å². The number of hydrogen-bond donors (Lipinski definition) is 1. The minimum absolute atomic E-state index is 0.191. The molecule has 0 aliphatic rings. The van der Waals surface area contributed by atoms with E-state index >= 15 is 0 Å². The van der Waals surface area contributed by atoms with Gasteiger partial charge in [-0.3, -0.25) is 9.78 Å². The van der Waals surface area contributed by atoms with Gasteiger partial charge in [0.15, 0.2) is 0 Å². The average Bonchev–Trinajstić information content (AvgIpc) is 2.30. The van der Waals surface area contributed by atoms with Crippen molar-refractivity contribution < 1.29 is 4.79 Å². The van der Waals surface area contributed by atoms with Crippen LogP contribution in [0.1, 0.15) is 29.8 Å². The van der Waals surface area contributed by atoms with Gasteiger partial charge in [-0.1, -0.05) is 0 Å². The van der Waals surface area contributed by atoms with Gasteiger partial charge >= 0.3 is 0 Å². The molecule has 0 fully saturated rings. The van der Waals surface area contributed by atoms with Gasteiger partial charge in [-0.2, -0.15) is 0 Å². The SMILES string of the molecule is C#CCCCCNC(=O)c1cnccn1. The first-order valence-electron chi connectivity index (χ1n) is 4.82. The van der Waals surface area contributed by atoms with Gasteiger partial charge in [-0.25, -0.2) is 4.98 Å². The van der Waals surface area contributed by atoms with Crippen LogP contribution >= 0.6 is 0 Å². The van der Waals surface area contributed by atoms with E-state index in [1.54, 1.807) is 0 Å². The highest BCUT2D eigenvalue weighted by Crippen LogP contribution is 1.93. The number of aromatic nitrogens is 2. The molecule has 15 heavy (non-hydrogen) atoms. The van der Waals surface area contributed by atoms with Gasteiger partial charge in [0, 0.05) is 25.4 Å². The van der Waals surface area contributed by atoms with Crippen molar-refractivity contribution in [1.82, 2.24) is 15.3 Å². The van der Waals surface area contributed by atoms with Gasteiger partial charge in [-0.05, 0) is 12.8 Å². The summed E-state index contributed by atoms with van der Waals surface area (Å²) in [4.78, 5) is 19.1. The molecule has 0 unspecified atom stereocenters. The summed E-state index contributed by atoms with van der Waals surface area (Å²) >= 11 is 0. The molecule has 1 aromatic rings. The van der Waals surface area contributed by atoms with E-state index in [2.05, 4.69) is 21.2 Å². The molecule has 0 aliphatic heterocycles. The van der Waals surface area contributed by atoms with Crippen LogP contribution in [0.3, 0.4) is 0 Å². The molecule has 1 N–H and O–H groups in total. The summed E-state index contributed by atoms with van der Waals surface area (Å²) in [6.07, 6.45) is 12.1. The first-order chi connectivity index (χ1) is 7.34. The Morgan fingerprint density at radius 2 is 2.33 bits per heavy atom. The fourth-order valence-electron chi connectivity index (χ4n) is 1.06. The zero-order valence-electron chi connectivity index (χ0n) is 8.44. The predicted molar refractivity (Wildman–Crippen MR) is 57.0 cm³/mol. The summed E-state index contributed by atoms with van der Waals surface area (Å²) < 4.78 is 0. The Bertz CT molecular complexity index is 343. The summed E-state index contributed by atoms with van der Waals surface area (Å²) in [5, 5.41) is 2.75. The molecule has 0 bridgehead atoms. The van der Waals surface area contributed by atoms with E-state index in [-0.39, 0.29) is 5.91 Å². The Morgan fingerprint density at radius 3 is 3.00 bits per heavy atom. The van der Waals surface area contributed by atoms with Gasteiger partial charge in [0.2, 0.25) is 0 Å². The summed E-state index contributed by atoms with van der Waals surface area (Å²) in [6.45, 7) is 0.622. The number of amides is 1. The third kappa shape index (κ3) is 4.23. The Morgan fingerprint density at radius 1 is 1.47 bits per heavy atom. The van der Waals surface area contributed by atoms with Crippen LogP contribution < -0.4 is 5.32 Å². The van der Waals surface area contributed by atoms with E-state index in [0.717, 1.165) is 19.3 Å². The van der Waals surface area contributed by atoms with Gasteiger partial charge in [0.25, 0.3) is 5.91 Å². The molecule has 4 nitrogen and oxygen atoms in total. The molecule has 1 amide bonds. The molecule has 0 radical (unpaired) electrons. The van der Waals surface area contributed by atoms with Crippen molar-refractivity contribution in [3.8, 4) is 12.3 Å². The molecule has 0 spiro atoms. The minimum atomic E-state index is -0.191. The Labute approximate surface area is 89.1 Å². The maximum atomic E-state index is 11.4. The monoisotopic (exact) mass is 203 g/mol. The number of carbonyl (C=O) groups excluding carboxylic acids is 1. The lowest BCUT2D eigenvalue weighted by molar-refractivity contribution is 0.0947. The topological polar surface area (TPSA) is 54.9 Å². The molecule has 1 rings (SSSR count). The molecule has 0 saturated heterocycles. The summed E-state index contributed by atoms with van der Waals surface area (Å²) in [5.41, 5.74) is 0.342. The Kier molecular flexibility index (Phi) is 4.88. The zero-order valence-corrected chi connectivity index (χ0v) is 8.44. The maximum Gasteiger partial charge on any atom is 0.271 e. The van der Waals surface area contributed by atoms with Crippen molar-refractivity contribution in [3.63, 3.8) is 0 Å². The van der Waals surface area contributed by atoms with Crippen molar-refractivity contribution in [2.24, 2.45) is 0 Å². The van der Waals surface area contributed by atoms with Crippen molar-refractivity contribution in [2.75, 3.05) is 6.54 Å². The highest BCUT2D eigenvalue weighted by molar-refractivity contribution is 5.91. The second kappa shape index (κ2) is 6.55. The number of terminal acetylenes is 1. The first kappa shape index (κ1) is 11.2. The van der Waals surface area contributed by atoms with Crippen LogP contribution in [0.25, 0.3) is 0 Å². The lowest BCUT2D eigenvalue weighted by Crippen LogP contribution is -2.25. The lowest BCUT2D eigenvalue weighted by Gasteiger charge is -2.02. The standard InChI is InChI=1S/C11H13N3O/c1-2-3-4-5-6-14-11(15)10-9-12-7-8-13-10/h1,7-9H,3-6H2,(H,14,15). The van der Waals surface area contributed by atoms with Crippen LogP contribution in [-0.4, -0.2) is 22.4 Å². The summed E-state index contributed by atoms with van der Waals surface area (Å²) in [6, 6.07) is 0. The van der Waals surface area contributed by atoms with E-state index in [9.17, 15) is 4.79 Å². The maximum absolute atomic E-state index is 11.4. The van der Waals surface area contributed by atoms with E-state index in [1.165, 1.54) is 18.6 Å². The van der Waals surface area contributed by atoms with Crippen molar-refractivity contribution in [3.05, 3.63) is 24.3 Å². The number of unbranched alkanes of at least 4 members (excludes halogenated alkanes) is 2. The molecule has 0 aliphatic carbocycles. The van der Waals surface area contributed by atoms with E-state index in [0.29, 0.717) is 12.2 Å². The van der Waals surface area contributed by atoms with Crippen LogP contribution in [0.4, 0.5) is 0 Å². The zero-order chi connectivity index (χ0) is 10.9. The minimum Gasteiger partial charge on any atom is -0.351 e. The molecule has 4 heteroatoms. The molecular weight excluding hydrogens is 190 g/mol. The third-order valence-electron chi connectivity index (χ3n) is 1.83. The highest BCUT2D eigenvalue weighted by atomic mass is 16.1. The lowest BCUT2D eigenvalue weighted by atomic mass is 10.2. The Hall–Kier alpha value is -1.89. The first-order valence-corrected chi connectivity index (χ1v) is 4.82. The number of carbonyl (C=O) groups is 1. The molecule has 0 aromatic carbocycles. The smallest absolute Gasteiger partial charge is 0.271 e. The normalized spacial score (nSPS) is 9.27. The average molecular weight is 203 g/mol. The van der Waals surface area contributed by atoms with Crippen molar-refractivity contribution >= 4 is 5.91 Å². The number of nitrogens with one attached hydrogen (secondary N) is 1. The van der Waals surface area contributed by atoms with Gasteiger partial charge in [0.05, 0.1) is 6.20 Å². The summed E-state index contributed by atoms with van der Waals surface area (Å²) in [5.74, 6) is 2.36. The fourth-order valence-corrected chi connectivity index (χ4v) is 1.06. The molecule has 0 saturated carbocycles. The van der Waals surface area contributed by atoms with Crippen LogP contribution in [0.15, 0.2) is 18.6 Å². The van der Waals surface area contributed by atoms with Crippen LogP contribution in [0.2, 0.25) is 0 Å². The second-order valence-electron chi connectivity index (χ2n) is 3.01. The molecule has 1 aromatic heterocycles. The van der Waals surface area contributed by atoms with Crippen LogP contribution in [-0.2, 0) is 0 Å². The number of nitrogens with zero attached hydrogens (tertiary/aromatic N) is 2. The van der Waals surface area contributed by atoms with E-state index < -0.39 is 0 Å². The van der Waals surface area contributed by atoms with E-state index in [1.807, 2.05) is 0 Å². The van der Waals surface area contributed by atoms with Gasteiger partial charge in [0.1, 0.15) is 5.69 Å². The predicted octanol–water partition coefficient (Wildman–Crippen LogP) is 1.01. The van der Waals surface area contributed by atoms with Crippen molar-refractivity contribution in [1.29, 1.82) is 0 Å². The largest absolute Gasteiger partial charge is 0.351 e. The Balaban J connectivity index is 2.23. The third-order valence-corrected chi connectivity index (χ3v) is 1.83. The molecule has 1 heterocycles. The summed E-state index contributed by atoms with van der Waals surface area (Å²) in [7, 11) is 0. The molecule has 0 atom stereocenters. The quantitative estimate of drug-likeness (QED) is 0.574. The number of hydrogen-bond acceptors (Lipinski definition) is 3. The van der Waals surface area contributed by atoms with Gasteiger partial charge in [-0.15, -0.1) is 12.3 Å².